The van der Waals surface area contributed by atoms with Gasteiger partial charge in [0.15, 0.2) is 5.78 Å². The molecular formula is C28H28O3S. The van der Waals surface area contributed by atoms with E-state index < -0.39 is 5.97 Å². The van der Waals surface area contributed by atoms with Gasteiger partial charge in [-0.05, 0) is 75.6 Å². The Morgan fingerprint density at radius 3 is 2.06 bits per heavy atom. The molecule has 0 unspecified atom stereocenters. The third-order valence-electron chi connectivity index (χ3n) is 6.66. The van der Waals surface area contributed by atoms with E-state index in [1.807, 2.05) is 29.0 Å². The Morgan fingerprint density at radius 2 is 1.50 bits per heavy atom. The van der Waals surface area contributed by atoms with Crippen LogP contribution in [0.1, 0.15) is 89.1 Å². The number of aromatic carboxylic acids is 1. The number of carboxylic acid groups (broad SMARTS) is 1. The average molecular weight is 445 g/mol. The molecule has 1 aliphatic rings. The molecule has 3 aromatic rings. The molecule has 32 heavy (non-hydrogen) atoms. The summed E-state index contributed by atoms with van der Waals surface area (Å²) in [5.74, 6) is -0.905. The monoisotopic (exact) mass is 444 g/mol. The Balaban J connectivity index is 1.84. The molecular weight excluding hydrogens is 416 g/mol. The van der Waals surface area contributed by atoms with Gasteiger partial charge in [0.2, 0.25) is 0 Å². The van der Waals surface area contributed by atoms with Gasteiger partial charge in [-0.3, -0.25) is 4.79 Å². The summed E-state index contributed by atoms with van der Waals surface area (Å²) < 4.78 is 0. The summed E-state index contributed by atoms with van der Waals surface area (Å²) in [5.41, 5.74) is 6.09. The van der Waals surface area contributed by atoms with Gasteiger partial charge in [0.05, 0.1) is 5.56 Å². The molecule has 0 aliphatic heterocycles. The van der Waals surface area contributed by atoms with Crippen molar-refractivity contribution in [2.24, 2.45) is 0 Å². The SMILES string of the molecule is CC1(C)CCC(C)(C)c2cc(C(=O)c3ccsc3)c(/C=C/c3ccc(C(=O)O)cc3)cc21. The second-order valence-corrected chi connectivity index (χ2v) is 10.6. The summed E-state index contributed by atoms with van der Waals surface area (Å²) in [4.78, 5) is 24.5. The number of thiophene rings is 1. The lowest BCUT2D eigenvalue weighted by Crippen LogP contribution is -2.34. The van der Waals surface area contributed by atoms with Crippen molar-refractivity contribution in [3.8, 4) is 0 Å². The van der Waals surface area contributed by atoms with Crippen LogP contribution >= 0.6 is 11.3 Å². The molecule has 0 saturated heterocycles. The van der Waals surface area contributed by atoms with Gasteiger partial charge in [0.1, 0.15) is 0 Å². The van der Waals surface area contributed by atoms with Crippen molar-refractivity contribution >= 4 is 35.2 Å². The normalized spacial score (nSPS) is 16.6. The molecule has 0 amide bonds. The lowest BCUT2D eigenvalue weighted by molar-refractivity contribution is 0.0696. The number of rotatable bonds is 5. The van der Waals surface area contributed by atoms with Crippen molar-refractivity contribution < 1.29 is 14.7 Å². The van der Waals surface area contributed by atoms with Crippen molar-refractivity contribution in [2.75, 3.05) is 0 Å². The van der Waals surface area contributed by atoms with Gasteiger partial charge in [-0.25, -0.2) is 4.79 Å². The largest absolute Gasteiger partial charge is 0.478 e. The molecule has 0 spiro atoms. The zero-order chi connectivity index (χ0) is 23.1. The van der Waals surface area contributed by atoms with Crippen LogP contribution in [-0.2, 0) is 10.8 Å². The van der Waals surface area contributed by atoms with Crippen molar-refractivity contribution in [1.29, 1.82) is 0 Å². The van der Waals surface area contributed by atoms with Crippen molar-refractivity contribution in [3.05, 3.63) is 92.2 Å². The molecule has 1 aliphatic carbocycles. The lowest BCUT2D eigenvalue weighted by atomic mass is 9.62. The summed E-state index contributed by atoms with van der Waals surface area (Å²) in [6.07, 6.45) is 6.11. The van der Waals surface area contributed by atoms with Crippen LogP contribution in [0.5, 0.6) is 0 Å². The van der Waals surface area contributed by atoms with Crippen LogP contribution in [0.4, 0.5) is 0 Å². The van der Waals surface area contributed by atoms with Crippen molar-refractivity contribution in [3.63, 3.8) is 0 Å². The van der Waals surface area contributed by atoms with Gasteiger partial charge in [-0.2, -0.15) is 11.3 Å². The van der Waals surface area contributed by atoms with E-state index in [4.69, 9.17) is 5.11 Å². The van der Waals surface area contributed by atoms with Crippen LogP contribution < -0.4 is 0 Å². The molecule has 4 rings (SSSR count). The number of hydrogen-bond donors (Lipinski definition) is 1. The minimum Gasteiger partial charge on any atom is -0.478 e. The van der Waals surface area contributed by atoms with Crippen molar-refractivity contribution in [2.45, 2.75) is 51.4 Å². The third kappa shape index (κ3) is 4.20. The number of carbonyl (C=O) groups excluding carboxylic acids is 1. The Hall–Kier alpha value is -2.98. The van der Waals surface area contributed by atoms with Crippen LogP contribution in [0.25, 0.3) is 12.2 Å². The molecule has 0 saturated carbocycles. The fraction of sp³-hybridized carbons (Fsp3) is 0.286. The number of benzene rings is 2. The maximum absolute atomic E-state index is 13.4. The van der Waals surface area contributed by atoms with Crippen LogP contribution in [-0.4, -0.2) is 16.9 Å². The lowest BCUT2D eigenvalue weighted by Gasteiger charge is -2.42. The molecule has 1 N–H and O–H groups in total. The Kier molecular flexibility index (Phi) is 5.68. The average Bonchev–Trinajstić information content (AvgIpc) is 3.30. The molecule has 164 valence electrons. The highest BCUT2D eigenvalue weighted by atomic mass is 32.1. The highest BCUT2D eigenvalue weighted by Gasteiger charge is 2.38. The minimum atomic E-state index is -0.941. The predicted molar refractivity (Wildman–Crippen MR) is 132 cm³/mol. The van der Waals surface area contributed by atoms with Gasteiger partial charge in [0.25, 0.3) is 0 Å². The highest BCUT2D eigenvalue weighted by Crippen LogP contribution is 2.47. The number of carboxylic acids is 1. The molecule has 0 radical (unpaired) electrons. The van der Waals surface area contributed by atoms with E-state index in [1.54, 1.807) is 24.3 Å². The van der Waals surface area contributed by atoms with Gasteiger partial charge in [-0.1, -0.05) is 58.0 Å². The number of fused-ring (bicyclic) bond motifs is 1. The van der Waals surface area contributed by atoms with Crippen LogP contribution in [0.3, 0.4) is 0 Å². The smallest absolute Gasteiger partial charge is 0.335 e. The standard InChI is InChI=1S/C28H28O3S/c1-27(2)12-13-28(3,4)24-16-22(25(29)21-11-14-32-17-21)20(15-23(24)27)10-7-18-5-8-19(9-6-18)26(30)31/h5-11,14-17H,12-13H2,1-4H3,(H,30,31)/b10-7+. The molecule has 3 nitrogen and oxygen atoms in total. The summed E-state index contributed by atoms with van der Waals surface area (Å²) >= 11 is 1.52. The fourth-order valence-corrected chi connectivity index (χ4v) is 5.07. The third-order valence-corrected chi connectivity index (χ3v) is 7.35. The van der Waals surface area contributed by atoms with E-state index in [2.05, 4.69) is 39.8 Å². The van der Waals surface area contributed by atoms with E-state index in [0.29, 0.717) is 11.1 Å². The quantitative estimate of drug-likeness (QED) is 0.334. The van der Waals surface area contributed by atoms with Gasteiger partial charge in [-0.15, -0.1) is 0 Å². The molecule has 4 heteroatoms. The Morgan fingerprint density at radius 1 is 0.875 bits per heavy atom. The molecule has 2 aromatic carbocycles. The zero-order valence-electron chi connectivity index (χ0n) is 18.9. The first kappa shape index (κ1) is 22.2. The van der Waals surface area contributed by atoms with Crippen LogP contribution in [0, 0.1) is 0 Å². The first-order chi connectivity index (χ1) is 15.1. The summed E-state index contributed by atoms with van der Waals surface area (Å²) in [6, 6.07) is 12.9. The molecule has 1 aromatic heterocycles. The van der Waals surface area contributed by atoms with Gasteiger partial charge in [0, 0.05) is 16.5 Å². The van der Waals surface area contributed by atoms with E-state index in [1.165, 1.54) is 22.5 Å². The van der Waals surface area contributed by atoms with E-state index in [9.17, 15) is 9.59 Å². The van der Waals surface area contributed by atoms with E-state index in [0.717, 1.165) is 24.0 Å². The van der Waals surface area contributed by atoms with Crippen molar-refractivity contribution in [1.82, 2.24) is 0 Å². The van der Waals surface area contributed by atoms with Gasteiger partial charge >= 0.3 is 5.97 Å². The maximum atomic E-state index is 13.4. The Bertz CT molecular complexity index is 1200. The number of hydrogen-bond acceptors (Lipinski definition) is 3. The first-order valence-electron chi connectivity index (χ1n) is 10.9. The number of carbonyl (C=O) groups is 2. The topological polar surface area (TPSA) is 54.4 Å². The predicted octanol–water partition coefficient (Wildman–Crippen LogP) is 7.20. The summed E-state index contributed by atoms with van der Waals surface area (Å²) in [6.45, 7) is 9.08. The summed E-state index contributed by atoms with van der Waals surface area (Å²) in [7, 11) is 0. The zero-order valence-corrected chi connectivity index (χ0v) is 19.8. The molecule has 0 fully saturated rings. The molecule has 1 heterocycles. The molecule has 0 atom stereocenters. The number of ketones is 1. The second kappa shape index (κ2) is 8.18. The maximum Gasteiger partial charge on any atom is 0.335 e. The summed E-state index contributed by atoms with van der Waals surface area (Å²) in [5, 5.41) is 12.9. The molecule has 0 bridgehead atoms. The fourth-order valence-electron chi connectivity index (χ4n) is 4.44. The van der Waals surface area contributed by atoms with Crippen LogP contribution in [0.15, 0.2) is 53.2 Å². The van der Waals surface area contributed by atoms with E-state index >= 15 is 0 Å². The van der Waals surface area contributed by atoms with E-state index in [-0.39, 0.29) is 22.2 Å². The van der Waals surface area contributed by atoms with Gasteiger partial charge < -0.3 is 5.11 Å². The first-order valence-corrected chi connectivity index (χ1v) is 11.8. The van der Waals surface area contributed by atoms with Crippen LogP contribution in [0.2, 0.25) is 0 Å². The second-order valence-electron chi connectivity index (χ2n) is 9.85. The Labute approximate surface area is 193 Å². The highest BCUT2D eigenvalue weighted by molar-refractivity contribution is 7.08. The minimum absolute atomic E-state index is 0.0173.